The van der Waals surface area contributed by atoms with Gasteiger partial charge < -0.3 is 10.2 Å². The van der Waals surface area contributed by atoms with Crippen LogP contribution in [0.25, 0.3) is 0 Å². The van der Waals surface area contributed by atoms with Crippen LogP contribution in [-0.4, -0.2) is 51.9 Å². The molecule has 0 spiro atoms. The predicted molar refractivity (Wildman–Crippen MR) is 96.7 cm³/mol. The smallest absolute Gasteiger partial charge is 0.240 e. The van der Waals surface area contributed by atoms with Crippen molar-refractivity contribution in [1.82, 2.24) is 14.9 Å². The normalized spacial score (nSPS) is 15.7. The number of nitrogens with zero attached hydrogens (tertiary/aromatic N) is 1. The average Bonchev–Trinajstić information content (AvgIpc) is 2.55. The molecule has 25 heavy (non-hydrogen) atoms. The van der Waals surface area contributed by atoms with Crippen LogP contribution in [-0.2, 0) is 14.8 Å². The quantitative estimate of drug-likeness (QED) is 0.688. The number of benzene rings is 1. The van der Waals surface area contributed by atoms with Gasteiger partial charge in [0.1, 0.15) is 5.82 Å². The second-order valence-electron chi connectivity index (χ2n) is 5.94. The molecule has 1 heterocycles. The molecule has 1 fully saturated rings. The third kappa shape index (κ3) is 6.54. The van der Waals surface area contributed by atoms with Crippen LogP contribution < -0.4 is 10.0 Å². The Labute approximate surface area is 154 Å². The summed E-state index contributed by atoms with van der Waals surface area (Å²) in [5, 5.41) is 3.01. The lowest BCUT2D eigenvalue weighted by atomic mass is 10.1. The first-order chi connectivity index (χ1) is 11.4. The van der Waals surface area contributed by atoms with E-state index in [2.05, 4.69) is 10.0 Å². The summed E-state index contributed by atoms with van der Waals surface area (Å²) in [4.78, 5) is 13.9. The third-order valence-electron chi connectivity index (χ3n) is 4.11. The van der Waals surface area contributed by atoms with E-state index in [1.807, 2.05) is 7.05 Å². The maximum Gasteiger partial charge on any atom is 0.240 e. The van der Waals surface area contributed by atoms with Crippen LogP contribution in [0.15, 0.2) is 29.2 Å². The van der Waals surface area contributed by atoms with Gasteiger partial charge in [-0.05, 0) is 57.1 Å². The Morgan fingerprint density at radius 1 is 1.24 bits per heavy atom. The SMILES string of the molecule is CNCCCC(=O)N1CCC(NS(=O)(=O)c2ccc(F)cc2)CC1.Cl. The highest BCUT2D eigenvalue weighted by atomic mass is 35.5. The third-order valence-corrected chi connectivity index (χ3v) is 5.65. The maximum absolute atomic E-state index is 12.9. The molecule has 0 saturated carbocycles. The highest BCUT2D eigenvalue weighted by Crippen LogP contribution is 2.16. The first-order valence-corrected chi connectivity index (χ1v) is 9.61. The van der Waals surface area contributed by atoms with E-state index in [0.29, 0.717) is 32.4 Å². The number of amides is 1. The van der Waals surface area contributed by atoms with Gasteiger partial charge in [-0.25, -0.2) is 17.5 Å². The summed E-state index contributed by atoms with van der Waals surface area (Å²) in [7, 11) is -1.81. The van der Waals surface area contributed by atoms with Crippen LogP contribution in [0.1, 0.15) is 25.7 Å². The summed E-state index contributed by atoms with van der Waals surface area (Å²) in [6.07, 6.45) is 2.47. The van der Waals surface area contributed by atoms with E-state index in [1.54, 1.807) is 4.90 Å². The standard InChI is InChI=1S/C16H24FN3O3S.ClH/c1-18-10-2-3-16(21)20-11-8-14(9-12-20)19-24(22,23)15-6-4-13(17)5-7-15;/h4-7,14,18-19H,2-3,8-12H2,1H3;1H. The molecule has 0 bridgehead atoms. The van der Waals surface area contributed by atoms with E-state index >= 15 is 0 Å². The number of hydrogen-bond acceptors (Lipinski definition) is 4. The molecule has 1 aliphatic rings. The summed E-state index contributed by atoms with van der Waals surface area (Å²) < 4.78 is 40.1. The van der Waals surface area contributed by atoms with Crippen LogP contribution in [0.4, 0.5) is 4.39 Å². The molecule has 2 rings (SSSR count). The van der Waals surface area contributed by atoms with Gasteiger partial charge in [-0.15, -0.1) is 12.4 Å². The Morgan fingerprint density at radius 2 is 1.84 bits per heavy atom. The molecule has 9 heteroatoms. The Morgan fingerprint density at radius 3 is 2.40 bits per heavy atom. The molecule has 0 radical (unpaired) electrons. The molecule has 1 saturated heterocycles. The number of nitrogens with one attached hydrogen (secondary N) is 2. The van der Waals surface area contributed by atoms with Gasteiger partial charge in [-0.3, -0.25) is 4.79 Å². The highest BCUT2D eigenvalue weighted by Gasteiger charge is 2.26. The van der Waals surface area contributed by atoms with Gasteiger partial charge in [-0.1, -0.05) is 0 Å². The van der Waals surface area contributed by atoms with Crippen molar-refractivity contribution in [3.63, 3.8) is 0 Å². The molecule has 0 aliphatic carbocycles. The minimum atomic E-state index is -3.66. The average molecular weight is 394 g/mol. The van der Waals surface area contributed by atoms with Gasteiger partial charge in [0.15, 0.2) is 0 Å². The minimum absolute atomic E-state index is 0. The van der Waals surface area contributed by atoms with Gasteiger partial charge in [0.05, 0.1) is 4.90 Å². The second kappa shape index (κ2) is 10.1. The monoisotopic (exact) mass is 393 g/mol. The van der Waals surface area contributed by atoms with Gasteiger partial charge in [0.2, 0.25) is 15.9 Å². The van der Waals surface area contributed by atoms with Crippen LogP contribution in [0.3, 0.4) is 0 Å². The number of piperidine rings is 1. The van der Waals surface area contributed by atoms with Crippen molar-refractivity contribution in [1.29, 1.82) is 0 Å². The van der Waals surface area contributed by atoms with Gasteiger partial charge >= 0.3 is 0 Å². The zero-order valence-corrected chi connectivity index (χ0v) is 15.8. The fourth-order valence-electron chi connectivity index (χ4n) is 2.72. The van der Waals surface area contributed by atoms with Crippen molar-refractivity contribution >= 4 is 28.3 Å². The summed E-state index contributed by atoms with van der Waals surface area (Å²) in [6, 6.07) is 4.54. The lowest BCUT2D eigenvalue weighted by molar-refractivity contribution is -0.132. The van der Waals surface area contributed by atoms with E-state index in [4.69, 9.17) is 0 Å². The Bertz CT molecular complexity index is 647. The van der Waals surface area contributed by atoms with Crippen molar-refractivity contribution in [3.8, 4) is 0 Å². The predicted octanol–water partition coefficient (Wildman–Crippen LogP) is 1.52. The van der Waals surface area contributed by atoms with E-state index in [9.17, 15) is 17.6 Å². The summed E-state index contributed by atoms with van der Waals surface area (Å²) >= 11 is 0. The van der Waals surface area contributed by atoms with E-state index in [1.165, 1.54) is 12.1 Å². The van der Waals surface area contributed by atoms with Crippen LogP contribution in [0, 0.1) is 5.82 Å². The van der Waals surface area contributed by atoms with E-state index < -0.39 is 15.8 Å². The number of carbonyl (C=O) groups excluding carboxylic acids is 1. The fraction of sp³-hybridized carbons (Fsp3) is 0.562. The first kappa shape index (κ1) is 21.8. The molecule has 0 aromatic heterocycles. The molecule has 2 N–H and O–H groups in total. The molecule has 1 amide bonds. The van der Waals surface area contributed by atoms with Crippen molar-refractivity contribution < 1.29 is 17.6 Å². The Balaban J connectivity index is 0.00000312. The first-order valence-electron chi connectivity index (χ1n) is 8.12. The molecule has 1 aliphatic heterocycles. The largest absolute Gasteiger partial charge is 0.343 e. The zero-order chi connectivity index (χ0) is 17.6. The summed E-state index contributed by atoms with van der Waals surface area (Å²) in [5.74, 6) is -0.357. The fourth-order valence-corrected chi connectivity index (χ4v) is 4.03. The van der Waals surface area contributed by atoms with Crippen molar-refractivity contribution in [3.05, 3.63) is 30.1 Å². The zero-order valence-electron chi connectivity index (χ0n) is 14.2. The van der Waals surface area contributed by atoms with Crippen molar-refractivity contribution in [2.75, 3.05) is 26.7 Å². The molecule has 1 aromatic carbocycles. The van der Waals surface area contributed by atoms with Crippen molar-refractivity contribution in [2.24, 2.45) is 0 Å². The lowest BCUT2D eigenvalue weighted by Crippen LogP contribution is -2.46. The maximum atomic E-state index is 12.9. The molecule has 1 aromatic rings. The number of halogens is 2. The second-order valence-corrected chi connectivity index (χ2v) is 7.65. The number of rotatable bonds is 7. The topological polar surface area (TPSA) is 78.5 Å². The summed E-state index contributed by atoms with van der Waals surface area (Å²) in [6.45, 7) is 1.91. The van der Waals surface area contributed by atoms with Crippen LogP contribution in [0.5, 0.6) is 0 Å². The lowest BCUT2D eigenvalue weighted by Gasteiger charge is -2.32. The minimum Gasteiger partial charge on any atom is -0.343 e. The number of likely N-dealkylation sites (tertiary alicyclic amines) is 1. The Hall–Kier alpha value is -1.22. The molecule has 142 valence electrons. The highest BCUT2D eigenvalue weighted by molar-refractivity contribution is 7.89. The summed E-state index contributed by atoms with van der Waals surface area (Å²) in [5.41, 5.74) is 0. The van der Waals surface area contributed by atoms with Crippen molar-refractivity contribution in [2.45, 2.75) is 36.6 Å². The molecular weight excluding hydrogens is 369 g/mol. The number of sulfonamides is 1. The molecular formula is C16H25ClFN3O3S. The van der Waals surface area contributed by atoms with E-state index in [0.717, 1.165) is 25.1 Å². The number of hydrogen-bond donors (Lipinski definition) is 2. The number of carbonyl (C=O) groups is 1. The van der Waals surface area contributed by atoms with E-state index in [-0.39, 0.29) is 29.3 Å². The molecule has 6 nitrogen and oxygen atoms in total. The van der Waals surface area contributed by atoms with Gasteiger partial charge in [0.25, 0.3) is 0 Å². The van der Waals surface area contributed by atoms with Crippen LogP contribution >= 0.6 is 12.4 Å². The van der Waals surface area contributed by atoms with Gasteiger partial charge in [0, 0.05) is 25.6 Å². The van der Waals surface area contributed by atoms with Crippen LogP contribution in [0.2, 0.25) is 0 Å². The molecule has 0 unspecified atom stereocenters. The van der Waals surface area contributed by atoms with Gasteiger partial charge in [-0.2, -0.15) is 0 Å². The Kier molecular flexibility index (Phi) is 8.78. The molecule has 0 atom stereocenters.